The Bertz CT molecular complexity index is 651. The fraction of sp³-hybridized carbons (Fsp3) is 0.182. The summed E-state index contributed by atoms with van der Waals surface area (Å²) in [7, 11) is 0. The van der Waals surface area contributed by atoms with Crippen LogP contribution in [0.5, 0.6) is 0 Å². The molecule has 6 nitrogen and oxygen atoms in total. The number of aromatic carboxylic acids is 1. The van der Waals surface area contributed by atoms with Crippen LogP contribution in [-0.2, 0) is 12.7 Å². The summed E-state index contributed by atoms with van der Waals surface area (Å²) in [5.74, 6) is -1.25. The Kier molecular flexibility index (Phi) is 3.45. The number of nitrogens with two attached hydrogens (primary N) is 1. The van der Waals surface area contributed by atoms with E-state index in [1.807, 2.05) is 0 Å². The number of carboxylic acids is 1. The molecule has 0 amide bonds. The van der Waals surface area contributed by atoms with E-state index in [2.05, 4.69) is 10.3 Å². The molecule has 0 saturated heterocycles. The Balaban J connectivity index is 2.61. The molecular weight excluding hydrogens is 277 g/mol. The van der Waals surface area contributed by atoms with Crippen LogP contribution in [-0.4, -0.2) is 26.1 Å². The maximum absolute atomic E-state index is 13.0. The van der Waals surface area contributed by atoms with Gasteiger partial charge in [0.2, 0.25) is 0 Å². The molecule has 106 valence electrons. The lowest BCUT2D eigenvalue weighted by Gasteiger charge is -2.11. The zero-order chi connectivity index (χ0) is 14.9. The van der Waals surface area contributed by atoms with E-state index in [9.17, 15) is 18.0 Å². The maximum atomic E-state index is 13.0. The molecule has 1 heterocycles. The number of aromatic nitrogens is 3. The molecule has 2 rings (SSSR count). The molecule has 0 spiro atoms. The van der Waals surface area contributed by atoms with Crippen molar-refractivity contribution in [2.75, 3.05) is 0 Å². The van der Waals surface area contributed by atoms with E-state index in [0.717, 1.165) is 6.07 Å². The molecule has 20 heavy (non-hydrogen) atoms. The second kappa shape index (κ2) is 4.93. The molecule has 0 saturated carbocycles. The van der Waals surface area contributed by atoms with Crippen LogP contribution in [0.1, 0.15) is 21.7 Å². The summed E-state index contributed by atoms with van der Waals surface area (Å²) in [5, 5.41) is 15.6. The molecule has 0 aliphatic heterocycles. The van der Waals surface area contributed by atoms with E-state index >= 15 is 0 Å². The Hall–Kier alpha value is -2.42. The van der Waals surface area contributed by atoms with Crippen molar-refractivity contribution in [2.24, 2.45) is 5.73 Å². The van der Waals surface area contributed by atoms with Crippen LogP contribution in [0.4, 0.5) is 13.2 Å². The highest BCUT2D eigenvalue weighted by molar-refractivity contribution is 5.88. The summed E-state index contributed by atoms with van der Waals surface area (Å²) in [4.78, 5) is 10.8. The van der Waals surface area contributed by atoms with Gasteiger partial charge in [-0.2, -0.15) is 13.2 Å². The van der Waals surface area contributed by atoms with Gasteiger partial charge < -0.3 is 10.8 Å². The average Bonchev–Trinajstić information content (AvgIpc) is 2.82. The molecule has 0 radical (unpaired) electrons. The average molecular weight is 286 g/mol. The van der Waals surface area contributed by atoms with Crippen molar-refractivity contribution in [1.82, 2.24) is 15.0 Å². The second-order valence-corrected chi connectivity index (χ2v) is 3.85. The number of benzene rings is 1. The molecule has 0 atom stereocenters. The van der Waals surface area contributed by atoms with Gasteiger partial charge in [0, 0.05) is 6.54 Å². The Morgan fingerprint density at radius 1 is 1.40 bits per heavy atom. The van der Waals surface area contributed by atoms with E-state index < -0.39 is 30.1 Å². The molecular formula is C11H9F3N4O2. The Morgan fingerprint density at radius 2 is 2.10 bits per heavy atom. The first-order valence-corrected chi connectivity index (χ1v) is 5.40. The number of alkyl halides is 3. The van der Waals surface area contributed by atoms with Crippen molar-refractivity contribution >= 4 is 5.97 Å². The van der Waals surface area contributed by atoms with Crippen molar-refractivity contribution in [3.8, 4) is 5.69 Å². The normalized spacial score (nSPS) is 11.6. The number of nitrogens with zero attached hydrogens (tertiary/aromatic N) is 3. The van der Waals surface area contributed by atoms with Crippen LogP contribution in [0.3, 0.4) is 0 Å². The van der Waals surface area contributed by atoms with Gasteiger partial charge in [-0.25, -0.2) is 9.48 Å². The fourth-order valence-electron chi connectivity index (χ4n) is 1.69. The van der Waals surface area contributed by atoms with E-state index in [0.29, 0.717) is 4.68 Å². The first kappa shape index (κ1) is 14.0. The molecule has 1 aromatic heterocycles. The van der Waals surface area contributed by atoms with E-state index in [1.54, 1.807) is 0 Å². The smallest absolute Gasteiger partial charge is 0.435 e. The van der Waals surface area contributed by atoms with Crippen LogP contribution >= 0.6 is 0 Å². The van der Waals surface area contributed by atoms with Gasteiger partial charge in [-0.05, 0) is 18.2 Å². The first-order valence-electron chi connectivity index (χ1n) is 5.40. The summed E-state index contributed by atoms with van der Waals surface area (Å²) < 4.78 is 39.5. The standard InChI is InChI=1S/C11H9F3N4O2/c12-11(13,14)9-8(5-15)16-17-18(9)7-3-1-2-6(4-7)10(19)20/h1-4H,5,15H2,(H,19,20). The van der Waals surface area contributed by atoms with E-state index in [1.165, 1.54) is 18.2 Å². The predicted molar refractivity (Wildman–Crippen MR) is 61.2 cm³/mol. The van der Waals surface area contributed by atoms with Crippen LogP contribution in [0.15, 0.2) is 24.3 Å². The highest BCUT2D eigenvalue weighted by Crippen LogP contribution is 2.32. The van der Waals surface area contributed by atoms with Crippen molar-refractivity contribution < 1.29 is 23.1 Å². The summed E-state index contributed by atoms with van der Waals surface area (Å²) in [6.45, 7) is -0.423. The molecule has 1 aromatic carbocycles. The zero-order valence-corrected chi connectivity index (χ0v) is 9.92. The van der Waals surface area contributed by atoms with E-state index in [-0.39, 0.29) is 11.3 Å². The van der Waals surface area contributed by atoms with Crippen LogP contribution in [0.2, 0.25) is 0 Å². The number of hydrogen-bond acceptors (Lipinski definition) is 4. The number of halogens is 3. The van der Waals surface area contributed by atoms with Gasteiger partial charge in [0.05, 0.1) is 11.3 Å². The van der Waals surface area contributed by atoms with Gasteiger partial charge in [0.25, 0.3) is 0 Å². The second-order valence-electron chi connectivity index (χ2n) is 3.85. The minimum Gasteiger partial charge on any atom is -0.478 e. The molecule has 2 aromatic rings. The fourth-order valence-corrected chi connectivity index (χ4v) is 1.69. The first-order chi connectivity index (χ1) is 9.34. The number of hydrogen-bond donors (Lipinski definition) is 2. The molecule has 9 heteroatoms. The lowest BCUT2D eigenvalue weighted by Crippen LogP contribution is -2.17. The third kappa shape index (κ3) is 2.48. The Morgan fingerprint density at radius 3 is 2.65 bits per heavy atom. The minimum atomic E-state index is -4.70. The van der Waals surface area contributed by atoms with Crippen molar-refractivity contribution in [3.63, 3.8) is 0 Å². The number of carbonyl (C=O) groups is 1. The van der Waals surface area contributed by atoms with Crippen LogP contribution in [0, 0.1) is 0 Å². The summed E-state index contributed by atoms with van der Waals surface area (Å²) in [6, 6.07) is 4.96. The van der Waals surface area contributed by atoms with Gasteiger partial charge in [-0.3, -0.25) is 0 Å². The van der Waals surface area contributed by atoms with Crippen molar-refractivity contribution in [3.05, 3.63) is 41.2 Å². The van der Waals surface area contributed by atoms with Gasteiger partial charge >= 0.3 is 12.1 Å². The summed E-state index contributed by atoms with van der Waals surface area (Å²) >= 11 is 0. The molecule has 0 fully saturated rings. The highest BCUT2D eigenvalue weighted by atomic mass is 19.4. The molecule has 0 bridgehead atoms. The highest BCUT2D eigenvalue weighted by Gasteiger charge is 2.39. The third-order valence-corrected chi connectivity index (χ3v) is 2.54. The van der Waals surface area contributed by atoms with Crippen molar-refractivity contribution in [1.29, 1.82) is 0 Å². The topological polar surface area (TPSA) is 94.0 Å². The van der Waals surface area contributed by atoms with Gasteiger partial charge in [-0.15, -0.1) is 5.10 Å². The zero-order valence-electron chi connectivity index (χ0n) is 9.92. The third-order valence-electron chi connectivity index (χ3n) is 2.54. The van der Waals surface area contributed by atoms with Gasteiger partial charge in [0.15, 0.2) is 5.69 Å². The Labute approximate surface area is 110 Å². The molecule has 0 aliphatic rings. The molecule has 0 aliphatic carbocycles. The maximum Gasteiger partial charge on any atom is 0.435 e. The molecule has 0 unspecified atom stereocenters. The van der Waals surface area contributed by atoms with Gasteiger partial charge in [0.1, 0.15) is 5.69 Å². The summed E-state index contributed by atoms with van der Waals surface area (Å²) in [5.41, 5.74) is 3.49. The number of rotatable bonds is 3. The van der Waals surface area contributed by atoms with Crippen molar-refractivity contribution in [2.45, 2.75) is 12.7 Å². The largest absolute Gasteiger partial charge is 0.478 e. The molecule has 3 N–H and O–H groups in total. The van der Waals surface area contributed by atoms with Crippen LogP contribution in [0.25, 0.3) is 5.69 Å². The summed E-state index contributed by atoms with van der Waals surface area (Å²) in [6.07, 6.45) is -4.70. The number of carboxylic acid groups (broad SMARTS) is 1. The lowest BCUT2D eigenvalue weighted by molar-refractivity contribution is -0.143. The SMILES string of the molecule is NCc1nnn(-c2cccc(C(=O)O)c2)c1C(F)(F)F. The quantitative estimate of drug-likeness (QED) is 0.890. The monoisotopic (exact) mass is 286 g/mol. The van der Waals surface area contributed by atoms with Crippen LogP contribution < -0.4 is 5.73 Å². The van der Waals surface area contributed by atoms with Gasteiger partial charge in [-0.1, -0.05) is 11.3 Å². The predicted octanol–water partition coefficient (Wildman–Crippen LogP) is 1.44. The lowest BCUT2D eigenvalue weighted by atomic mass is 10.2. The van der Waals surface area contributed by atoms with E-state index in [4.69, 9.17) is 10.8 Å². The minimum absolute atomic E-state index is 0.0515.